The molecule has 118 valence electrons. The Balaban J connectivity index is 1.77. The third-order valence-electron chi connectivity index (χ3n) is 4.10. The van der Waals surface area contributed by atoms with Gasteiger partial charge in [0, 0.05) is 13.0 Å². The summed E-state index contributed by atoms with van der Waals surface area (Å²) in [6.45, 7) is 2.00. The average Bonchev–Trinajstić information content (AvgIpc) is 3.15. The van der Waals surface area contributed by atoms with E-state index in [-0.39, 0.29) is 0 Å². The highest BCUT2D eigenvalue weighted by Gasteiger charge is 2.36. The van der Waals surface area contributed by atoms with Crippen LogP contribution < -0.4 is 0 Å². The molecule has 1 aliphatic rings. The lowest BCUT2D eigenvalue weighted by molar-refractivity contribution is -0.117. The van der Waals surface area contributed by atoms with E-state index >= 15 is 0 Å². The van der Waals surface area contributed by atoms with Gasteiger partial charge in [0.15, 0.2) is 0 Å². The molecule has 1 heterocycles. The van der Waals surface area contributed by atoms with Gasteiger partial charge in [0.05, 0.1) is 12.2 Å². The van der Waals surface area contributed by atoms with Gasteiger partial charge in [-0.15, -0.1) is 0 Å². The van der Waals surface area contributed by atoms with Crippen molar-refractivity contribution in [3.63, 3.8) is 0 Å². The van der Waals surface area contributed by atoms with Crippen LogP contribution in [0.5, 0.6) is 0 Å². The molecule has 20 heavy (non-hydrogen) atoms. The Hall–Kier alpha value is -0.410. The molecular formula is C17H32O3. The summed E-state index contributed by atoms with van der Waals surface area (Å²) in [6, 6.07) is 0. The lowest BCUT2D eigenvalue weighted by Gasteiger charge is -2.00. The van der Waals surface area contributed by atoms with Crippen LogP contribution in [0.15, 0.2) is 0 Å². The summed E-state index contributed by atoms with van der Waals surface area (Å²) in [4.78, 5) is 10.8. The maximum atomic E-state index is 10.8. The number of aliphatic hydroxyl groups excluding tert-OH is 1. The number of carbonyl (C=O) groups excluding carboxylic acids is 1. The monoisotopic (exact) mass is 284 g/mol. The molecule has 1 N–H and O–H groups in total. The minimum absolute atomic E-state index is 0.318. The van der Waals surface area contributed by atoms with Crippen molar-refractivity contribution in [2.45, 2.75) is 96.2 Å². The number of ketones is 1. The highest BCUT2D eigenvalue weighted by molar-refractivity contribution is 5.75. The molecule has 3 nitrogen and oxygen atoms in total. The first-order chi connectivity index (χ1) is 9.74. The fourth-order valence-corrected chi connectivity index (χ4v) is 2.75. The first kappa shape index (κ1) is 17.6. The summed E-state index contributed by atoms with van der Waals surface area (Å²) >= 11 is 0. The third-order valence-corrected chi connectivity index (χ3v) is 4.10. The van der Waals surface area contributed by atoms with Crippen LogP contribution in [0.1, 0.15) is 84.0 Å². The second-order valence-corrected chi connectivity index (χ2v) is 6.15. The zero-order chi connectivity index (χ0) is 14.6. The number of hydrogen-bond acceptors (Lipinski definition) is 3. The van der Waals surface area contributed by atoms with E-state index in [0.29, 0.717) is 24.6 Å². The van der Waals surface area contributed by atoms with Crippen LogP contribution in [0, 0.1) is 0 Å². The molecule has 1 aliphatic heterocycles. The summed E-state index contributed by atoms with van der Waals surface area (Å²) in [5, 5.41) is 8.69. The van der Waals surface area contributed by atoms with Crippen molar-refractivity contribution in [1.29, 1.82) is 0 Å². The van der Waals surface area contributed by atoms with Gasteiger partial charge in [0.2, 0.25) is 0 Å². The van der Waals surface area contributed by atoms with Crippen LogP contribution in [0.2, 0.25) is 0 Å². The Bertz CT molecular complexity index is 253. The molecular weight excluding hydrogens is 252 g/mol. The van der Waals surface area contributed by atoms with Crippen LogP contribution in [0.25, 0.3) is 0 Å². The first-order valence-electron chi connectivity index (χ1n) is 8.50. The molecule has 0 aromatic rings. The van der Waals surface area contributed by atoms with Gasteiger partial charge in [-0.1, -0.05) is 44.9 Å². The van der Waals surface area contributed by atoms with Gasteiger partial charge in [-0.05, 0) is 32.6 Å². The van der Waals surface area contributed by atoms with Crippen molar-refractivity contribution < 1.29 is 14.6 Å². The Morgan fingerprint density at radius 1 is 0.850 bits per heavy atom. The fraction of sp³-hybridized carbons (Fsp3) is 0.941. The van der Waals surface area contributed by atoms with Gasteiger partial charge in [-0.25, -0.2) is 0 Å². The van der Waals surface area contributed by atoms with Crippen molar-refractivity contribution in [3.05, 3.63) is 0 Å². The Morgan fingerprint density at radius 2 is 1.35 bits per heavy atom. The van der Waals surface area contributed by atoms with Crippen molar-refractivity contribution in [1.82, 2.24) is 0 Å². The Labute approximate surface area is 124 Å². The van der Waals surface area contributed by atoms with E-state index in [9.17, 15) is 4.79 Å². The third kappa shape index (κ3) is 9.49. The molecule has 2 atom stereocenters. The predicted molar refractivity (Wildman–Crippen MR) is 81.8 cm³/mol. The van der Waals surface area contributed by atoms with Crippen molar-refractivity contribution in [3.8, 4) is 0 Å². The van der Waals surface area contributed by atoms with Crippen LogP contribution in [0.3, 0.4) is 0 Å². The summed E-state index contributed by atoms with van der Waals surface area (Å²) < 4.78 is 5.69. The largest absolute Gasteiger partial charge is 0.396 e. The summed E-state index contributed by atoms with van der Waals surface area (Å²) in [5.41, 5.74) is 0. The second kappa shape index (κ2) is 11.3. The minimum Gasteiger partial charge on any atom is -0.396 e. The quantitative estimate of drug-likeness (QED) is 0.387. The maximum absolute atomic E-state index is 10.8. The fourth-order valence-electron chi connectivity index (χ4n) is 2.75. The molecule has 0 radical (unpaired) electrons. The predicted octanol–water partition coefficient (Wildman–Crippen LogP) is 4.02. The number of unbranched alkanes of at least 4 members (excludes halogenated alkanes) is 7. The molecule has 0 aliphatic carbocycles. The van der Waals surface area contributed by atoms with Gasteiger partial charge >= 0.3 is 0 Å². The number of Topliss-reactive ketones (excluding diaryl/α,β-unsaturated/α-hetero) is 1. The van der Waals surface area contributed by atoms with Gasteiger partial charge in [-0.3, -0.25) is 0 Å². The van der Waals surface area contributed by atoms with Crippen molar-refractivity contribution in [2.24, 2.45) is 0 Å². The van der Waals surface area contributed by atoms with Crippen LogP contribution in [-0.2, 0) is 9.53 Å². The number of hydrogen-bond donors (Lipinski definition) is 1. The average molecular weight is 284 g/mol. The molecule has 2 unspecified atom stereocenters. The molecule has 1 rings (SSSR count). The number of aliphatic hydroxyl groups is 1. The standard InChI is InChI=1S/C17H32O3/c1-15(19)11-7-3-2-4-8-12-16-17(20-16)13-9-5-6-10-14-18/h16-18H,2-14H2,1H3. The maximum Gasteiger partial charge on any atom is 0.129 e. The van der Waals surface area contributed by atoms with E-state index in [1.165, 1.54) is 51.4 Å². The van der Waals surface area contributed by atoms with Gasteiger partial charge < -0.3 is 14.6 Å². The number of ether oxygens (including phenoxy) is 1. The zero-order valence-electron chi connectivity index (χ0n) is 13.1. The molecule has 3 heteroatoms. The van der Waals surface area contributed by atoms with E-state index in [1.54, 1.807) is 6.92 Å². The van der Waals surface area contributed by atoms with Gasteiger partial charge in [-0.2, -0.15) is 0 Å². The number of epoxide rings is 1. The van der Waals surface area contributed by atoms with Crippen molar-refractivity contribution >= 4 is 5.78 Å². The minimum atomic E-state index is 0.318. The molecule has 1 saturated heterocycles. The van der Waals surface area contributed by atoms with E-state index in [1.807, 2.05) is 0 Å². The topological polar surface area (TPSA) is 49.8 Å². The van der Waals surface area contributed by atoms with E-state index in [2.05, 4.69) is 0 Å². The normalized spacial score (nSPS) is 21.1. The van der Waals surface area contributed by atoms with E-state index in [0.717, 1.165) is 25.7 Å². The lowest BCUT2D eigenvalue weighted by atomic mass is 10.0. The highest BCUT2D eigenvalue weighted by Crippen LogP contribution is 2.31. The molecule has 0 aromatic heterocycles. The van der Waals surface area contributed by atoms with Crippen LogP contribution >= 0.6 is 0 Å². The summed E-state index contributed by atoms with van der Waals surface area (Å²) in [5.74, 6) is 0.318. The van der Waals surface area contributed by atoms with E-state index < -0.39 is 0 Å². The molecule has 0 aromatic carbocycles. The zero-order valence-corrected chi connectivity index (χ0v) is 13.1. The lowest BCUT2D eigenvalue weighted by Crippen LogP contribution is -1.95. The summed E-state index contributed by atoms with van der Waals surface area (Å²) in [7, 11) is 0. The smallest absolute Gasteiger partial charge is 0.129 e. The Morgan fingerprint density at radius 3 is 1.90 bits per heavy atom. The van der Waals surface area contributed by atoms with Crippen molar-refractivity contribution in [2.75, 3.05) is 6.61 Å². The molecule has 0 saturated carbocycles. The molecule has 0 amide bonds. The number of rotatable bonds is 14. The molecule has 0 spiro atoms. The Kier molecular flexibility index (Phi) is 9.94. The molecule has 0 bridgehead atoms. The first-order valence-corrected chi connectivity index (χ1v) is 8.50. The van der Waals surface area contributed by atoms with Gasteiger partial charge in [0.1, 0.15) is 5.78 Å². The SMILES string of the molecule is CC(=O)CCCCCCCC1OC1CCCCCCO. The summed E-state index contributed by atoms with van der Waals surface area (Å²) in [6.07, 6.45) is 14.9. The second-order valence-electron chi connectivity index (χ2n) is 6.15. The van der Waals surface area contributed by atoms with Crippen LogP contribution in [-0.4, -0.2) is 29.7 Å². The number of carbonyl (C=O) groups is 1. The molecule has 1 fully saturated rings. The van der Waals surface area contributed by atoms with Crippen LogP contribution in [0.4, 0.5) is 0 Å². The highest BCUT2D eigenvalue weighted by atomic mass is 16.6. The van der Waals surface area contributed by atoms with Gasteiger partial charge in [0.25, 0.3) is 0 Å². The van der Waals surface area contributed by atoms with E-state index in [4.69, 9.17) is 9.84 Å².